The van der Waals surface area contributed by atoms with Crippen molar-refractivity contribution >= 4 is 23.0 Å². The van der Waals surface area contributed by atoms with Crippen molar-refractivity contribution in [1.29, 1.82) is 0 Å². The van der Waals surface area contributed by atoms with Gasteiger partial charge in [-0.2, -0.15) is 0 Å². The third-order valence-electron chi connectivity index (χ3n) is 1.82. The van der Waals surface area contributed by atoms with Crippen molar-refractivity contribution in [3.05, 3.63) is 23.2 Å². The Labute approximate surface area is 89.9 Å². The summed E-state index contributed by atoms with van der Waals surface area (Å²) >= 11 is 5.89. The molecule has 0 aliphatic rings. The maximum atomic E-state index is 5.89. The molecule has 0 atom stereocenters. The SMILES string of the molecule is C#CCNc1cc(Cl)ccc1N(C)C. The molecule has 0 fully saturated rings. The molecule has 0 heterocycles. The number of hydrogen-bond acceptors (Lipinski definition) is 2. The lowest BCUT2D eigenvalue weighted by molar-refractivity contribution is 1.13. The molecular weight excluding hydrogens is 196 g/mol. The second-order valence-electron chi connectivity index (χ2n) is 3.11. The molecule has 0 saturated carbocycles. The summed E-state index contributed by atoms with van der Waals surface area (Å²) in [6.45, 7) is 0.501. The number of nitrogens with zero attached hydrogens (tertiary/aromatic N) is 1. The van der Waals surface area contributed by atoms with Crippen LogP contribution in [0.4, 0.5) is 11.4 Å². The van der Waals surface area contributed by atoms with Crippen molar-refractivity contribution in [2.45, 2.75) is 0 Å². The van der Waals surface area contributed by atoms with Crippen LogP contribution in [0, 0.1) is 12.3 Å². The lowest BCUT2D eigenvalue weighted by atomic mass is 10.2. The second kappa shape index (κ2) is 4.78. The molecule has 74 valence electrons. The van der Waals surface area contributed by atoms with Crippen LogP contribution in [0.2, 0.25) is 5.02 Å². The molecule has 0 spiro atoms. The first-order chi connectivity index (χ1) is 6.65. The van der Waals surface area contributed by atoms with Gasteiger partial charge in [0.1, 0.15) is 0 Å². The third-order valence-corrected chi connectivity index (χ3v) is 2.06. The number of nitrogens with one attached hydrogen (secondary N) is 1. The summed E-state index contributed by atoms with van der Waals surface area (Å²) in [5.74, 6) is 2.53. The van der Waals surface area contributed by atoms with E-state index < -0.39 is 0 Å². The number of anilines is 2. The van der Waals surface area contributed by atoms with Crippen molar-refractivity contribution in [3.63, 3.8) is 0 Å². The van der Waals surface area contributed by atoms with Crippen LogP contribution in [-0.4, -0.2) is 20.6 Å². The Balaban J connectivity index is 2.98. The van der Waals surface area contributed by atoms with E-state index in [0.717, 1.165) is 11.4 Å². The third kappa shape index (κ3) is 2.58. The molecule has 3 heteroatoms. The zero-order valence-corrected chi connectivity index (χ0v) is 9.10. The summed E-state index contributed by atoms with van der Waals surface area (Å²) in [6.07, 6.45) is 5.18. The van der Waals surface area contributed by atoms with E-state index in [0.29, 0.717) is 11.6 Å². The topological polar surface area (TPSA) is 15.3 Å². The molecule has 0 saturated heterocycles. The molecule has 0 aliphatic heterocycles. The molecule has 0 amide bonds. The van der Waals surface area contributed by atoms with E-state index in [2.05, 4.69) is 11.2 Å². The van der Waals surface area contributed by atoms with E-state index >= 15 is 0 Å². The van der Waals surface area contributed by atoms with Gasteiger partial charge in [0.2, 0.25) is 0 Å². The summed E-state index contributed by atoms with van der Waals surface area (Å²) in [6, 6.07) is 5.69. The van der Waals surface area contributed by atoms with Crippen molar-refractivity contribution in [2.75, 3.05) is 30.9 Å². The van der Waals surface area contributed by atoms with E-state index in [-0.39, 0.29) is 0 Å². The van der Waals surface area contributed by atoms with E-state index in [1.54, 1.807) is 0 Å². The highest BCUT2D eigenvalue weighted by molar-refractivity contribution is 6.31. The summed E-state index contributed by atoms with van der Waals surface area (Å²) in [4.78, 5) is 2.01. The molecular formula is C11H13ClN2. The number of terminal acetylenes is 1. The van der Waals surface area contributed by atoms with Crippen LogP contribution in [0.25, 0.3) is 0 Å². The van der Waals surface area contributed by atoms with Gasteiger partial charge in [0.05, 0.1) is 17.9 Å². The fraction of sp³-hybridized carbons (Fsp3) is 0.273. The normalized spacial score (nSPS) is 9.29. The first-order valence-corrected chi connectivity index (χ1v) is 4.67. The maximum absolute atomic E-state index is 5.89. The molecule has 0 aromatic heterocycles. The Morgan fingerprint density at radius 2 is 2.21 bits per heavy atom. The van der Waals surface area contributed by atoms with E-state index in [1.807, 2.05) is 37.2 Å². The molecule has 1 aromatic rings. The van der Waals surface area contributed by atoms with Gasteiger partial charge >= 0.3 is 0 Å². The summed E-state index contributed by atoms with van der Waals surface area (Å²) in [5.41, 5.74) is 2.03. The largest absolute Gasteiger partial charge is 0.376 e. The summed E-state index contributed by atoms with van der Waals surface area (Å²) < 4.78 is 0. The van der Waals surface area contributed by atoms with E-state index in [9.17, 15) is 0 Å². The maximum Gasteiger partial charge on any atom is 0.0764 e. The van der Waals surface area contributed by atoms with Crippen molar-refractivity contribution in [1.82, 2.24) is 0 Å². The summed E-state index contributed by atoms with van der Waals surface area (Å²) in [5, 5.41) is 3.83. The molecule has 1 rings (SSSR count). The zero-order chi connectivity index (χ0) is 10.6. The minimum absolute atomic E-state index is 0.501. The monoisotopic (exact) mass is 208 g/mol. The lowest BCUT2D eigenvalue weighted by Crippen LogP contribution is -2.12. The van der Waals surface area contributed by atoms with Crippen LogP contribution in [0.1, 0.15) is 0 Å². The first-order valence-electron chi connectivity index (χ1n) is 4.29. The predicted octanol–water partition coefficient (Wildman–Crippen LogP) is 2.45. The van der Waals surface area contributed by atoms with Gasteiger partial charge < -0.3 is 10.2 Å². The van der Waals surface area contributed by atoms with Gasteiger partial charge in [0.15, 0.2) is 0 Å². The second-order valence-corrected chi connectivity index (χ2v) is 3.55. The average molecular weight is 209 g/mol. The van der Waals surface area contributed by atoms with Crippen LogP contribution < -0.4 is 10.2 Å². The van der Waals surface area contributed by atoms with E-state index in [4.69, 9.17) is 18.0 Å². The van der Waals surface area contributed by atoms with Crippen molar-refractivity contribution in [3.8, 4) is 12.3 Å². The molecule has 0 bridgehead atoms. The summed E-state index contributed by atoms with van der Waals surface area (Å²) in [7, 11) is 3.95. The quantitative estimate of drug-likeness (QED) is 0.768. The van der Waals surface area contributed by atoms with Crippen molar-refractivity contribution in [2.24, 2.45) is 0 Å². The minimum Gasteiger partial charge on any atom is -0.376 e. The highest BCUT2D eigenvalue weighted by Gasteiger charge is 2.03. The molecule has 0 unspecified atom stereocenters. The van der Waals surface area contributed by atoms with Gasteiger partial charge in [0.25, 0.3) is 0 Å². The van der Waals surface area contributed by atoms with E-state index in [1.165, 1.54) is 0 Å². The Morgan fingerprint density at radius 3 is 2.79 bits per heavy atom. The van der Waals surface area contributed by atoms with Gasteiger partial charge in [0, 0.05) is 19.1 Å². The van der Waals surface area contributed by atoms with Crippen LogP contribution in [0.5, 0.6) is 0 Å². The Bertz CT molecular complexity index is 353. The van der Waals surface area contributed by atoms with Gasteiger partial charge in [-0.3, -0.25) is 0 Å². The van der Waals surface area contributed by atoms with Crippen LogP contribution in [-0.2, 0) is 0 Å². The molecule has 1 N–H and O–H groups in total. The number of hydrogen-bond donors (Lipinski definition) is 1. The number of benzene rings is 1. The number of halogens is 1. The predicted molar refractivity (Wildman–Crippen MR) is 63.1 cm³/mol. The minimum atomic E-state index is 0.501. The molecule has 1 aromatic carbocycles. The Morgan fingerprint density at radius 1 is 1.50 bits per heavy atom. The Kier molecular flexibility index (Phi) is 3.67. The first kappa shape index (κ1) is 10.7. The Hall–Kier alpha value is -1.33. The van der Waals surface area contributed by atoms with Crippen LogP contribution in [0.15, 0.2) is 18.2 Å². The average Bonchev–Trinajstić information content (AvgIpc) is 2.14. The molecule has 2 nitrogen and oxygen atoms in total. The molecule has 14 heavy (non-hydrogen) atoms. The smallest absolute Gasteiger partial charge is 0.0764 e. The van der Waals surface area contributed by atoms with Gasteiger partial charge in [-0.15, -0.1) is 6.42 Å². The fourth-order valence-corrected chi connectivity index (χ4v) is 1.36. The molecule has 0 aliphatic carbocycles. The lowest BCUT2D eigenvalue weighted by Gasteiger charge is -2.17. The number of rotatable bonds is 3. The van der Waals surface area contributed by atoms with Gasteiger partial charge in [-0.05, 0) is 18.2 Å². The van der Waals surface area contributed by atoms with Gasteiger partial charge in [-0.25, -0.2) is 0 Å². The fourth-order valence-electron chi connectivity index (χ4n) is 1.19. The van der Waals surface area contributed by atoms with Crippen LogP contribution >= 0.6 is 11.6 Å². The zero-order valence-electron chi connectivity index (χ0n) is 8.34. The highest BCUT2D eigenvalue weighted by atomic mass is 35.5. The highest BCUT2D eigenvalue weighted by Crippen LogP contribution is 2.27. The molecule has 0 radical (unpaired) electrons. The van der Waals surface area contributed by atoms with Crippen LogP contribution in [0.3, 0.4) is 0 Å². The van der Waals surface area contributed by atoms with Crippen molar-refractivity contribution < 1.29 is 0 Å². The van der Waals surface area contributed by atoms with Gasteiger partial charge in [-0.1, -0.05) is 17.5 Å². The standard InChI is InChI=1S/C11H13ClN2/c1-4-7-13-10-8-9(12)5-6-11(10)14(2)3/h1,5-6,8,13H,7H2,2-3H3.